The Morgan fingerprint density at radius 2 is 1.81 bits per heavy atom. The van der Waals surface area contributed by atoms with Crippen molar-refractivity contribution in [1.82, 2.24) is 14.7 Å². The standard InChI is InChI=1S/C32H41Br2N5O4/c1-22-27(33)18-23(19-28(22)34)21-39(31(42)43)16-11-26(38-15-8-24-6-4-5-7-29(24)35-30(38)41)20-32(39,12-17-40)37-13-9-25(10-14-37)36(2)3/h4-7,17-19,25-26H,8-16,20-21H2,1-3H3,(H-,35,41,42,43)/t26?,32?,39-/m0/s1. The number of hydrogen-bond acceptors (Lipinski definition) is 6. The van der Waals surface area contributed by atoms with Gasteiger partial charge in [-0.05, 0) is 69.6 Å². The number of fused-ring (bicyclic) bond motifs is 1. The first kappa shape index (κ1) is 32.1. The average molecular weight is 720 g/mol. The van der Waals surface area contributed by atoms with Crippen molar-refractivity contribution in [3.8, 4) is 0 Å². The third kappa shape index (κ3) is 6.03. The van der Waals surface area contributed by atoms with Crippen LogP contribution in [0.4, 0.5) is 15.3 Å². The minimum atomic E-state index is -1.18. The predicted octanol–water partition coefficient (Wildman–Crippen LogP) is 4.74. The van der Waals surface area contributed by atoms with Gasteiger partial charge in [0.1, 0.15) is 12.8 Å². The van der Waals surface area contributed by atoms with Gasteiger partial charge < -0.3 is 29.8 Å². The van der Waals surface area contributed by atoms with Gasteiger partial charge in [-0.3, -0.25) is 9.38 Å². The van der Waals surface area contributed by atoms with Crippen LogP contribution in [0.1, 0.15) is 48.8 Å². The molecule has 3 heterocycles. The molecule has 2 fully saturated rings. The normalized spacial score (nSPS) is 27.0. The zero-order valence-corrected chi connectivity index (χ0v) is 28.3. The molecule has 0 aliphatic carbocycles. The van der Waals surface area contributed by atoms with E-state index in [-0.39, 0.29) is 36.1 Å². The fourth-order valence-corrected chi connectivity index (χ4v) is 8.89. The maximum absolute atomic E-state index is 13.6. The number of piperidine rings is 2. The van der Waals surface area contributed by atoms with Crippen LogP contribution in [-0.2, 0) is 17.8 Å². The monoisotopic (exact) mass is 717 g/mol. The number of nitrogens with one attached hydrogen (secondary N) is 1. The SMILES string of the molecule is Cc1c(Br)cc(C[N@+]2(C(=O)[O-])CCC(N3CCc4ccccc4NC3=O)CC2(CC=O)N2CCC(N(C)C)CC2)cc1Br. The molecule has 3 aliphatic rings. The van der Waals surface area contributed by atoms with Crippen LogP contribution in [-0.4, -0.2) is 95.6 Å². The predicted molar refractivity (Wildman–Crippen MR) is 171 cm³/mol. The van der Waals surface area contributed by atoms with Crippen LogP contribution >= 0.6 is 31.9 Å². The van der Waals surface area contributed by atoms with E-state index in [1.54, 1.807) is 0 Å². The zero-order valence-electron chi connectivity index (χ0n) is 25.2. The number of rotatable bonds is 7. The number of para-hydroxylation sites is 1. The summed E-state index contributed by atoms with van der Waals surface area (Å²) in [6.07, 6.45) is 3.01. The Morgan fingerprint density at radius 3 is 2.44 bits per heavy atom. The third-order valence-corrected chi connectivity index (χ3v) is 11.8. The summed E-state index contributed by atoms with van der Waals surface area (Å²) in [7, 11) is 4.14. The molecule has 2 saturated heterocycles. The number of amides is 3. The summed E-state index contributed by atoms with van der Waals surface area (Å²) in [4.78, 5) is 46.1. The molecule has 43 heavy (non-hydrogen) atoms. The Hall–Kier alpha value is -2.31. The van der Waals surface area contributed by atoms with Crippen LogP contribution in [0, 0.1) is 6.92 Å². The molecule has 0 spiro atoms. The van der Waals surface area contributed by atoms with Gasteiger partial charge >= 0.3 is 6.03 Å². The van der Waals surface area contributed by atoms with Gasteiger partial charge in [-0.2, -0.15) is 0 Å². The number of urea groups is 1. The molecule has 0 radical (unpaired) electrons. The summed E-state index contributed by atoms with van der Waals surface area (Å²) < 4.78 is 1.39. The number of nitrogens with zero attached hydrogens (tertiary/aromatic N) is 4. The van der Waals surface area contributed by atoms with E-state index in [1.807, 2.05) is 48.2 Å². The molecule has 3 amide bonds. The molecule has 0 saturated carbocycles. The minimum absolute atomic E-state index is 0.0357. The molecule has 2 unspecified atom stereocenters. The van der Waals surface area contributed by atoms with Crippen molar-refractivity contribution in [3.05, 3.63) is 62.0 Å². The van der Waals surface area contributed by atoms with Gasteiger partial charge in [-0.1, -0.05) is 50.1 Å². The molecule has 11 heteroatoms. The highest BCUT2D eigenvalue weighted by molar-refractivity contribution is 9.11. The van der Waals surface area contributed by atoms with Gasteiger partial charge in [0.05, 0.1) is 13.0 Å². The Balaban J connectivity index is 1.56. The fraction of sp³-hybridized carbons (Fsp3) is 0.531. The van der Waals surface area contributed by atoms with Crippen molar-refractivity contribution in [2.45, 2.75) is 69.7 Å². The highest BCUT2D eigenvalue weighted by Crippen LogP contribution is 2.46. The molecule has 3 atom stereocenters. The Bertz CT molecular complexity index is 1360. The van der Waals surface area contributed by atoms with Crippen LogP contribution in [0.15, 0.2) is 45.3 Å². The molecule has 9 nitrogen and oxygen atoms in total. The Labute approximate surface area is 271 Å². The van der Waals surface area contributed by atoms with Crippen LogP contribution < -0.4 is 10.4 Å². The number of carbonyl (C=O) groups excluding carboxylic acids is 3. The topological polar surface area (TPSA) is 96.0 Å². The summed E-state index contributed by atoms with van der Waals surface area (Å²) in [5, 5.41) is 16.7. The van der Waals surface area contributed by atoms with Crippen molar-refractivity contribution in [2.75, 3.05) is 45.6 Å². The number of anilines is 1. The highest BCUT2D eigenvalue weighted by atomic mass is 79.9. The minimum Gasteiger partial charge on any atom is -0.498 e. The second-order valence-corrected chi connectivity index (χ2v) is 14.2. The largest absolute Gasteiger partial charge is 0.498 e. The van der Waals surface area contributed by atoms with E-state index in [4.69, 9.17) is 0 Å². The molecular weight excluding hydrogens is 678 g/mol. The van der Waals surface area contributed by atoms with E-state index in [9.17, 15) is 19.5 Å². The van der Waals surface area contributed by atoms with Gasteiger partial charge in [0.15, 0.2) is 5.66 Å². The van der Waals surface area contributed by atoms with Gasteiger partial charge in [-0.15, -0.1) is 0 Å². The van der Waals surface area contributed by atoms with Crippen molar-refractivity contribution in [2.24, 2.45) is 0 Å². The number of quaternary nitrogens is 1. The van der Waals surface area contributed by atoms with Crippen molar-refractivity contribution in [3.63, 3.8) is 0 Å². The second kappa shape index (κ2) is 13.0. The lowest BCUT2D eigenvalue weighted by Crippen LogP contribution is -2.80. The summed E-state index contributed by atoms with van der Waals surface area (Å²) >= 11 is 7.28. The van der Waals surface area contributed by atoms with Crippen LogP contribution in [0.25, 0.3) is 0 Å². The smallest absolute Gasteiger partial charge is 0.322 e. The first-order chi connectivity index (χ1) is 20.5. The number of aldehydes is 1. The lowest BCUT2D eigenvalue weighted by molar-refractivity contribution is -0.956. The van der Waals surface area contributed by atoms with E-state index < -0.39 is 11.8 Å². The van der Waals surface area contributed by atoms with E-state index >= 15 is 0 Å². The number of carbonyl (C=O) groups is 3. The first-order valence-electron chi connectivity index (χ1n) is 15.0. The third-order valence-electron chi connectivity index (χ3n) is 10.1. The quantitative estimate of drug-likeness (QED) is 0.328. The maximum atomic E-state index is 13.6. The average Bonchev–Trinajstić information content (AvgIpc) is 3.14. The first-order valence-corrected chi connectivity index (χ1v) is 16.6. The van der Waals surface area contributed by atoms with Crippen LogP contribution in [0.2, 0.25) is 0 Å². The van der Waals surface area contributed by atoms with E-state index in [2.05, 4.69) is 61.1 Å². The molecule has 0 bridgehead atoms. The summed E-state index contributed by atoms with van der Waals surface area (Å²) in [6.45, 7) is 4.25. The number of likely N-dealkylation sites (tertiary alicyclic amines) is 2. The summed E-state index contributed by atoms with van der Waals surface area (Å²) in [5.74, 6) is 0. The molecule has 2 aromatic rings. The molecule has 0 aromatic heterocycles. The number of benzene rings is 2. The van der Waals surface area contributed by atoms with Gasteiger partial charge in [-0.25, -0.2) is 4.79 Å². The highest BCUT2D eigenvalue weighted by Gasteiger charge is 2.61. The molecule has 2 aromatic carbocycles. The Morgan fingerprint density at radius 1 is 1.14 bits per heavy atom. The van der Waals surface area contributed by atoms with Crippen LogP contribution in [0.3, 0.4) is 0 Å². The van der Waals surface area contributed by atoms with Gasteiger partial charge in [0.2, 0.25) is 0 Å². The lowest BCUT2D eigenvalue weighted by Gasteiger charge is -2.61. The number of halogens is 2. The second-order valence-electron chi connectivity index (χ2n) is 12.5. The summed E-state index contributed by atoms with van der Waals surface area (Å²) in [5.41, 5.74) is 2.68. The summed E-state index contributed by atoms with van der Waals surface area (Å²) in [6, 6.07) is 11.7. The van der Waals surface area contributed by atoms with Crippen molar-refractivity contribution >= 4 is 56.0 Å². The van der Waals surface area contributed by atoms with Crippen molar-refractivity contribution < 1.29 is 24.0 Å². The van der Waals surface area contributed by atoms with Crippen LogP contribution in [0.5, 0.6) is 0 Å². The molecule has 1 N–H and O–H groups in total. The Kier molecular flexibility index (Phi) is 9.68. The van der Waals surface area contributed by atoms with E-state index in [0.717, 1.165) is 50.5 Å². The molecule has 3 aliphatic heterocycles. The van der Waals surface area contributed by atoms with E-state index in [1.165, 1.54) is 0 Å². The zero-order chi connectivity index (χ0) is 30.9. The van der Waals surface area contributed by atoms with Gasteiger partial charge in [0, 0.05) is 64.8 Å². The molecular formula is C32H41Br2N5O4. The fourth-order valence-electron chi connectivity index (χ4n) is 7.61. The van der Waals surface area contributed by atoms with E-state index in [0.29, 0.717) is 44.9 Å². The van der Waals surface area contributed by atoms with Gasteiger partial charge in [0.25, 0.3) is 6.09 Å². The number of hydrogen-bond donors (Lipinski definition) is 1. The molecule has 232 valence electrons. The lowest BCUT2D eigenvalue weighted by atomic mass is 9.81. The maximum Gasteiger partial charge on any atom is 0.322 e. The number of carboxylic acid groups (broad SMARTS) is 1. The van der Waals surface area contributed by atoms with Crippen molar-refractivity contribution in [1.29, 1.82) is 0 Å². The molecule has 5 rings (SSSR count).